The van der Waals surface area contributed by atoms with Crippen molar-refractivity contribution in [3.05, 3.63) is 247 Å². The molecule has 0 atom stereocenters. The maximum Gasteiger partial charge on any atom is 0.323 e. The number of carbonyl (C=O) groups excluding carboxylic acids is 12. The second-order valence-corrected chi connectivity index (χ2v) is 39.2. The van der Waals surface area contributed by atoms with Crippen LogP contribution in [0.4, 0.5) is 37.1 Å². The van der Waals surface area contributed by atoms with E-state index < -0.39 is 76.9 Å². The number of anilines is 4. The number of carboxylic acids is 3. The van der Waals surface area contributed by atoms with Gasteiger partial charge < -0.3 is 34.9 Å². The van der Waals surface area contributed by atoms with Crippen molar-refractivity contribution >= 4 is 178 Å². The van der Waals surface area contributed by atoms with Gasteiger partial charge in [-0.05, 0) is 185 Å². The molecule has 0 aromatic heterocycles. The zero-order valence-corrected chi connectivity index (χ0v) is 77.4. The quantitative estimate of drug-likeness (QED) is 0.0287. The first-order valence-electron chi connectivity index (χ1n) is 45.9. The van der Waals surface area contributed by atoms with E-state index >= 15 is 0 Å². The average Bonchev–Trinajstić information content (AvgIpc) is 1.61. The van der Waals surface area contributed by atoms with Crippen LogP contribution in [0.1, 0.15) is 181 Å². The number of nitrogens with zero attached hydrogens (tertiary/aromatic N) is 7. The molecule has 29 heteroatoms. The van der Waals surface area contributed by atoms with Gasteiger partial charge in [-0.2, -0.15) is 0 Å². The Morgan fingerprint density at radius 1 is 0.306 bits per heavy atom. The number of benzene rings is 8. The molecular formula is C105H101N7O18S4. The van der Waals surface area contributed by atoms with Crippen molar-refractivity contribution in [1.29, 1.82) is 0 Å². The maximum absolute atomic E-state index is 13.7. The minimum absolute atomic E-state index is 0.00687. The number of para-hydroxylation sites is 1. The molecule has 0 radical (unpaired) electrons. The summed E-state index contributed by atoms with van der Waals surface area (Å²) in [5.41, 5.74) is 14.0. The Hall–Kier alpha value is -12.8. The van der Waals surface area contributed by atoms with Crippen molar-refractivity contribution in [3.8, 4) is 33.4 Å². The topological polar surface area (TPSA) is 339 Å². The molecule has 3 aliphatic carbocycles. The summed E-state index contributed by atoms with van der Waals surface area (Å²) in [5.74, 6) is -5.17. The van der Waals surface area contributed by atoms with Gasteiger partial charge in [0.1, 0.15) is 19.6 Å². The summed E-state index contributed by atoms with van der Waals surface area (Å²) in [6, 6.07) is 61.7. The van der Waals surface area contributed by atoms with Crippen LogP contribution in [-0.4, -0.2) is 155 Å². The summed E-state index contributed by atoms with van der Waals surface area (Å²) in [7, 11) is 0. The lowest BCUT2D eigenvalue weighted by Gasteiger charge is -2.23. The Balaban J connectivity index is 0.000000131. The fourth-order valence-electron chi connectivity index (χ4n) is 19.6. The third-order valence-electron chi connectivity index (χ3n) is 26.3. The van der Waals surface area contributed by atoms with Gasteiger partial charge in [-0.3, -0.25) is 86.6 Å². The summed E-state index contributed by atoms with van der Waals surface area (Å²) in [4.78, 5) is 197. The van der Waals surface area contributed by atoms with Crippen LogP contribution in [0.2, 0.25) is 0 Å². The molecule has 11 aliphatic rings. The molecule has 3 N–H and O–H groups in total. The van der Waals surface area contributed by atoms with E-state index in [1.54, 1.807) is 19.6 Å². The lowest BCUT2D eigenvalue weighted by Crippen LogP contribution is -2.34. The van der Waals surface area contributed by atoms with E-state index in [-0.39, 0.29) is 66.5 Å². The summed E-state index contributed by atoms with van der Waals surface area (Å²) < 4.78 is 0. The van der Waals surface area contributed by atoms with Crippen molar-refractivity contribution in [3.63, 3.8) is 0 Å². The Morgan fingerprint density at radius 2 is 0.627 bits per heavy atom. The number of unbranched alkanes of at least 4 members (excludes halogenated alkanes) is 1. The number of carbonyl (C=O) groups is 15. The third kappa shape index (κ3) is 20.9. The zero-order chi connectivity index (χ0) is 94.0. The predicted molar refractivity (Wildman–Crippen MR) is 520 cm³/mol. The highest BCUT2D eigenvalue weighted by Crippen LogP contribution is 2.52. The standard InChI is InChI=1S/C29H30N2O5S.C28H28N2O5S.C27H20N2O5S.C21H23NO3S/c32-24(33)18-31-28(35)26(37-29(31)36)25-22-17-21(20-12-5-2-6-13-20)14-15-23(22)30(27(25)34)16-8-7-11-19-9-3-1-4-10-19;31-23(32)17-30-27(34)25(36-28(30)35)24-21-16-20(19-11-5-2-6-12-19)13-14-22(21)29(26(24)33)15-7-10-18-8-3-1-4-9-18;1-16-7-9-17(10-8-16)14-28-21-12-11-19(18-5-3-2-4-6-18)13-20(21)23(25(28)32)24-26(33)29(15-22(30)31)27(34)35-24;23-17-13-18(24)26-20(17)19-15-10-4-5-11-16(15)22(21(19)25)12-6-9-14-7-2-1-3-8-14/h2,5-6,12-15,17,19H,1,3-4,7-11,16,18H2,(H,32,33);2,5-6,11-14,16,18H,1,3-4,7-10,15,17H2,(H,31,32);2-13H,14-15H2,1H3,(H,30,31);4-5,10-11,14H,1-3,6-9,12-13H2/b26-25-;25-24-;24-23-;20-19-. The number of imide groups is 3. The number of Topliss-reactive ketones (excluding diaryl/α,β-unsaturated/α-hetero) is 1. The SMILES string of the molecule is Cc1ccc(CN2C(=O)/C(=C3\SC(=O)N(CC(=O)O)C3=O)c3cc(-c4ccccc4)ccc32)cc1.O=C(O)CN1C(=O)S/C(=C2\C(=O)N(CCCC3CCCCC3)c3ccc(-c4ccccc4)cc32)C1=O.O=C(O)CN1C(=O)S/C(=C2\C(=O)N(CCCCC3CCCCC3)c3ccc(-c4ccccc4)cc32)C1=O.O=C1CC(=O)/C(=C2/C(=O)N(CCCC3CCCCC3)c3ccccc32)S1. The van der Waals surface area contributed by atoms with Gasteiger partial charge in [-0.25, -0.2) is 0 Å². The van der Waals surface area contributed by atoms with Gasteiger partial charge in [-0.1, -0.05) is 266 Å². The highest BCUT2D eigenvalue weighted by molar-refractivity contribution is 8.19. The van der Waals surface area contributed by atoms with Crippen molar-refractivity contribution in [2.75, 3.05) is 58.9 Å². The van der Waals surface area contributed by atoms with Crippen molar-refractivity contribution in [2.45, 2.75) is 161 Å². The molecule has 7 fully saturated rings. The monoisotopic (exact) mass is 1880 g/mol. The Morgan fingerprint density at radius 3 is 0.985 bits per heavy atom. The fourth-order valence-corrected chi connectivity index (χ4v) is 23.3. The molecular weight excluding hydrogens is 1780 g/mol. The Labute approximate surface area is 792 Å². The van der Waals surface area contributed by atoms with E-state index in [0.717, 1.165) is 129 Å². The molecule has 3 saturated carbocycles. The van der Waals surface area contributed by atoms with Crippen LogP contribution >= 0.6 is 47.0 Å². The highest BCUT2D eigenvalue weighted by atomic mass is 32.2. The number of fused-ring (bicyclic) bond motifs is 4. The number of aryl methyl sites for hydroxylation is 1. The summed E-state index contributed by atoms with van der Waals surface area (Å²) in [6.45, 7) is 1.82. The van der Waals surface area contributed by atoms with Gasteiger partial charge in [0.05, 0.1) is 77.6 Å². The first kappa shape index (κ1) is 94.4. The third-order valence-corrected chi connectivity index (χ3v) is 30.2. The van der Waals surface area contributed by atoms with Crippen LogP contribution in [0, 0.1) is 24.7 Å². The maximum atomic E-state index is 13.7. The molecule has 0 unspecified atom stereocenters. The number of ketones is 1. The number of thioether (sulfide) groups is 4. The minimum Gasteiger partial charge on any atom is -0.480 e. The Kier molecular flexibility index (Phi) is 30.0. The van der Waals surface area contributed by atoms with E-state index in [0.29, 0.717) is 115 Å². The number of amides is 10. The molecule has 8 aliphatic heterocycles. The second kappa shape index (κ2) is 42.6. The fraction of sp³-hybridized carbons (Fsp3) is 0.324. The molecule has 10 amide bonds. The molecule has 134 heavy (non-hydrogen) atoms. The van der Waals surface area contributed by atoms with Crippen molar-refractivity contribution in [2.24, 2.45) is 17.8 Å². The molecule has 8 aromatic rings. The van der Waals surface area contributed by atoms with Crippen LogP contribution in [0.25, 0.3) is 55.7 Å². The van der Waals surface area contributed by atoms with Gasteiger partial charge in [0.2, 0.25) is 5.12 Å². The molecule has 19 rings (SSSR count). The number of carboxylic acid groups (broad SMARTS) is 3. The van der Waals surface area contributed by atoms with E-state index in [1.165, 1.54) is 103 Å². The minimum atomic E-state index is -1.30. The predicted octanol–water partition coefficient (Wildman–Crippen LogP) is 20.5. The normalized spacial score (nSPS) is 20.2. The number of hydrogen-bond acceptors (Lipinski definition) is 19. The largest absolute Gasteiger partial charge is 0.480 e. The molecule has 0 spiro atoms. The molecule has 688 valence electrons. The molecule has 4 saturated heterocycles. The number of rotatable bonds is 24. The van der Waals surface area contributed by atoms with E-state index in [2.05, 4.69) is 0 Å². The molecule has 25 nitrogen and oxygen atoms in total. The lowest BCUT2D eigenvalue weighted by atomic mass is 9.86. The van der Waals surface area contributed by atoms with E-state index in [4.69, 9.17) is 15.3 Å². The summed E-state index contributed by atoms with van der Waals surface area (Å²) >= 11 is 2.83. The van der Waals surface area contributed by atoms with Crippen LogP contribution < -0.4 is 19.6 Å². The van der Waals surface area contributed by atoms with E-state index in [1.807, 2.05) is 201 Å². The first-order chi connectivity index (χ1) is 64.8. The smallest absolute Gasteiger partial charge is 0.323 e. The van der Waals surface area contributed by atoms with Crippen LogP contribution in [0.5, 0.6) is 0 Å². The van der Waals surface area contributed by atoms with Crippen molar-refractivity contribution in [1.82, 2.24) is 14.7 Å². The molecule has 8 aromatic carbocycles. The average molecular weight is 1880 g/mol. The summed E-state index contributed by atoms with van der Waals surface area (Å²) in [6.07, 6.45) is 26.6. The number of hydrogen-bond donors (Lipinski definition) is 3. The van der Waals surface area contributed by atoms with E-state index in [9.17, 15) is 71.9 Å². The van der Waals surface area contributed by atoms with Crippen LogP contribution in [0.15, 0.2) is 214 Å². The highest BCUT2D eigenvalue weighted by Gasteiger charge is 2.49. The summed E-state index contributed by atoms with van der Waals surface area (Å²) in [5, 5.41) is 25.2. The second-order valence-electron chi connectivity index (χ2n) is 35.2. The number of aliphatic carboxylic acids is 3. The van der Waals surface area contributed by atoms with Crippen LogP contribution in [-0.2, 0) is 64.1 Å². The van der Waals surface area contributed by atoms with Gasteiger partial charge in [-0.15, -0.1) is 0 Å². The van der Waals surface area contributed by atoms with Gasteiger partial charge in [0, 0.05) is 41.9 Å². The lowest BCUT2D eigenvalue weighted by molar-refractivity contribution is -0.141. The number of allylic oxidation sites excluding steroid dienone is 1. The van der Waals surface area contributed by atoms with Crippen molar-refractivity contribution < 1.29 is 87.2 Å². The Bertz CT molecular complexity index is 6190. The van der Waals surface area contributed by atoms with Crippen LogP contribution in [0.3, 0.4) is 0 Å². The zero-order valence-electron chi connectivity index (χ0n) is 74.1. The van der Waals surface area contributed by atoms with Gasteiger partial charge >= 0.3 is 17.9 Å². The first-order valence-corrected chi connectivity index (χ1v) is 49.1. The molecule has 0 bridgehead atoms. The van der Waals surface area contributed by atoms with Gasteiger partial charge in [0.25, 0.3) is 57.1 Å². The van der Waals surface area contributed by atoms with Gasteiger partial charge in [0.15, 0.2) is 5.78 Å². The molecule has 8 heterocycles.